The molecule has 3 N–H and O–H groups in total. The molecule has 86 valence electrons. The van der Waals surface area contributed by atoms with Crippen molar-refractivity contribution in [2.45, 2.75) is 6.42 Å². The number of nitrogens with two attached hydrogens (primary N) is 1. The summed E-state index contributed by atoms with van der Waals surface area (Å²) in [5, 5.41) is 13.9. The molecule has 0 atom stereocenters. The molecule has 17 heavy (non-hydrogen) atoms. The van der Waals surface area contributed by atoms with Crippen molar-refractivity contribution in [1.29, 1.82) is 5.26 Å². The predicted molar refractivity (Wildman–Crippen MR) is 69.9 cm³/mol. The van der Waals surface area contributed by atoms with E-state index in [0.717, 1.165) is 13.0 Å². The summed E-state index contributed by atoms with van der Waals surface area (Å²) in [6.45, 7) is 0.781. The van der Waals surface area contributed by atoms with Gasteiger partial charge in [-0.05, 0) is 23.9 Å². The summed E-state index contributed by atoms with van der Waals surface area (Å²) < 4.78 is 0. The van der Waals surface area contributed by atoms with Crippen LogP contribution in [-0.4, -0.2) is 11.5 Å². The summed E-state index contributed by atoms with van der Waals surface area (Å²) in [6.07, 6.45) is 2.46. The maximum atomic E-state index is 8.69. The first kappa shape index (κ1) is 11.4. The lowest BCUT2D eigenvalue weighted by Gasteiger charge is -2.07. The van der Waals surface area contributed by atoms with E-state index in [4.69, 9.17) is 11.0 Å². The van der Waals surface area contributed by atoms with Gasteiger partial charge >= 0.3 is 0 Å². The van der Waals surface area contributed by atoms with Gasteiger partial charge in [-0.1, -0.05) is 6.07 Å². The number of pyridine rings is 1. The van der Waals surface area contributed by atoms with E-state index in [9.17, 15) is 0 Å². The van der Waals surface area contributed by atoms with E-state index in [1.807, 2.05) is 12.1 Å². The average Bonchev–Trinajstić information content (AvgIpc) is 2.84. The molecule has 0 saturated heterocycles. The highest BCUT2D eigenvalue weighted by Gasteiger charge is 2.02. The Kier molecular flexibility index (Phi) is 3.58. The number of nitrogens with one attached hydrogen (secondary N) is 1. The zero-order chi connectivity index (χ0) is 12.1. The average molecular weight is 244 g/mol. The fourth-order valence-corrected chi connectivity index (χ4v) is 2.16. The molecule has 0 aliphatic carbocycles. The molecule has 0 aliphatic heterocycles. The number of nitriles is 1. The topological polar surface area (TPSA) is 74.7 Å². The van der Waals surface area contributed by atoms with Crippen LogP contribution in [0.25, 0.3) is 0 Å². The van der Waals surface area contributed by atoms with E-state index in [2.05, 4.69) is 21.7 Å². The summed E-state index contributed by atoms with van der Waals surface area (Å²) in [4.78, 5) is 5.44. The minimum absolute atomic E-state index is 0.478. The standard InChI is InChI=1S/C12H12N4S/c13-7-9-6-11(14)12(16-8-9)15-4-3-10-2-1-5-17-10/h1-2,5-6,8H,3-4,14H2,(H,15,16). The van der Waals surface area contributed by atoms with E-state index in [1.165, 1.54) is 11.1 Å². The normalized spacial score (nSPS) is 9.82. The number of thiophene rings is 1. The second kappa shape index (κ2) is 5.32. The van der Waals surface area contributed by atoms with Gasteiger partial charge in [-0.15, -0.1) is 11.3 Å². The third-order valence-corrected chi connectivity index (χ3v) is 3.23. The van der Waals surface area contributed by atoms with Crippen LogP contribution in [0, 0.1) is 11.3 Å². The lowest BCUT2D eigenvalue weighted by molar-refractivity contribution is 1.03. The molecule has 4 nitrogen and oxygen atoms in total. The third kappa shape index (κ3) is 2.95. The van der Waals surface area contributed by atoms with Crippen LogP contribution in [0.3, 0.4) is 0 Å². The minimum atomic E-state index is 0.478. The summed E-state index contributed by atoms with van der Waals surface area (Å²) in [6, 6.07) is 7.77. The van der Waals surface area contributed by atoms with Gasteiger partial charge in [-0.2, -0.15) is 5.26 Å². The highest BCUT2D eigenvalue weighted by Crippen LogP contribution is 2.16. The maximum Gasteiger partial charge on any atom is 0.149 e. The molecule has 0 saturated carbocycles. The largest absolute Gasteiger partial charge is 0.396 e. The number of aromatic nitrogens is 1. The molecule has 0 aromatic carbocycles. The van der Waals surface area contributed by atoms with Crippen molar-refractivity contribution in [2.24, 2.45) is 0 Å². The Labute approximate surface area is 104 Å². The smallest absolute Gasteiger partial charge is 0.149 e. The zero-order valence-corrected chi connectivity index (χ0v) is 10.00. The Morgan fingerprint density at radius 2 is 2.41 bits per heavy atom. The van der Waals surface area contributed by atoms with Crippen LogP contribution in [0.5, 0.6) is 0 Å². The van der Waals surface area contributed by atoms with E-state index >= 15 is 0 Å². The summed E-state index contributed by atoms with van der Waals surface area (Å²) in [5.41, 5.74) is 6.77. The van der Waals surface area contributed by atoms with Crippen molar-refractivity contribution in [3.05, 3.63) is 40.2 Å². The lowest BCUT2D eigenvalue weighted by Crippen LogP contribution is -2.08. The highest BCUT2D eigenvalue weighted by molar-refractivity contribution is 7.09. The van der Waals surface area contributed by atoms with Crippen LogP contribution in [-0.2, 0) is 6.42 Å². The van der Waals surface area contributed by atoms with Crippen molar-refractivity contribution in [3.63, 3.8) is 0 Å². The predicted octanol–water partition coefficient (Wildman–Crippen LogP) is 2.25. The summed E-state index contributed by atoms with van der Waals surface area (Å²) >= 11 is 1.73. The van der Waals surface area contributed by atoms with Crippen LogP contribution >= 0.6 is 11.3 Å². The monoisotopic (exact) mass is 244 g/mol. The van der Waals surface area contributed by atoms with Crippen LogP contribution in [0.15, 0.2) is 29.8 Å². The molecule has 2 aromatic rings. The molecule has 0 bridgehead atoms. The van der Waals surface area contributed by atoms with E-state index < -0.39 is 0 Å². The van der Waals surface area contributed by atoms with Gasteiger partial charge in [0.2, 0.25) is 0 Å². The Morgan fingerprint density at radius 3 is 3.06 bits per heavy atom. The first-order valence-electron chi connectivity index (χ1n) is 5.21. The second-order valence-electron chi connectivity index (χ2n) is 3.53. The SMILES string of the molecule is N#Cc1cnc(NCCc2cccs2)c(N)c1. The number of nitrogens with zero attached hydrogens (tertiary/aromatic N) is 2. The van der Waals surface area contributed by atoms with Crippen molar-refractivity contribution in [1.82, 2.24) is 4.98 Å². The fraction of sp³-hybridized carbons (Fsp3) is 0.167. The quantitative estimate of drug-likeness (QED) is 0.865. The van der Waals surface area contributed by atoms with Gasteiger partial charge in [0.1, 0.15) is 11.9 Å². The van der Waals surface area contributed by atoms with Crippen LogP contribution in [0.2, 0.25) is 0 Å². The molecule has 0 aliphatic rings. The van der Waals surface area contributed by atoms with Crippen LogP contribution in [0.4, 0.5) is 11.5 Å². The second-order valence-corrected chi connectivity index (χ2v) is 4.56. The molecule has 2 aromatic heterocycles. The molecule has 0 fully saturated rings. The zero-order valence-electron chi connectivity index (χ0n) is 9.18. The Morgan fingerprint density at radius 1 is 1.53 bits per heavy atom. The maximum absolute atomic E-state index is 8.69. The number of hydrogen-bond acceptors (Lipinski definition) is 5. The number of hydrogen-bond donors (Lipinski definition) is 2. The van der Waals surface area contributed by atoms with Gasteiger partial charge < -0.3 is 11.1 Å². The van der Waals surface area contributed by atoms with Crippen LogP contribution in [0.1, 0.15) is 10.4 Å². The van der Waals surface area contributed by atoms with Gasteiger partial charge in [0.25, 0.3) is 0 Å². The van der Waals surface area contributed by atoms with Crippen LogP contribution < -0.4 is 11.1 Å². The van der Waals surface area contributed by atoms with Gasteiger partial charge in [-0.25, -0.2) is 4.98 Å². The first-order valence-corrected chi connectivity index (χ1v) is 6.09. The molecule has 0 unspecified atom stereocenters. The van der Waals surface area contributed by atoms with Crippen molar-refractivity contribution in [2.75, 3.05) is 17.6 Å². The van der Waals surface area contributed by atoms with Gasteiger partial charge in [-0.3, -0.25) is 0 Å². The van der Waals surface area contributed by atoms with Crippen molar-refractivity contribution >= 4 is 22.8 Å². The number of nitrogen functional groups attached to an aromatic ring is 1. The van der Waals surface area contributed by atoms with Crippen molar-refractivity contribution < 1.29 is 0 Å². The summed E-state index contributed by atoms with van der Waals surface area (Å²) in [7, 11) is 0. The van der Waals surface area contributed by atoms with E-state index in [0.29, 0.717) is 17.1 Å². The molecular weight excluding hydrogens is 232 g/mol. The molecular formula is C12H12N4S. The van der Waals surface area contributed by atoms with E-state index in [-0.39, 0.29) is 0 Å². The van der Waals surface area contributed by atoms with Gasteiger partial charge in [0, 0.05) is 17.6 Å². The number of anilines is 2. The van der Waals surface area contributed by atoms with Crippen molar-refractivity contribution in [3.8, 4) is 6.07 Å². The Hall–Kier alpha value is -2.06. The Balaban J connectivity index is 1.93. The Bertz CT molecular complexity index is 528. The molecule has 0 radical (unpaired) electrons. The molecule has 2 heterocycles. The highest BCUT2D eigenvalue weighted by atomic mass is 32.1. The molecule has 0 amide bonds. The molecule has 0 spiro atoms. The minimum Gasteiger partial charge on any atom is -0.396 e. The fourth-order valence-electron chi connectivity index (χ4n) is 1.45. The molecule has 5 heteroatoms. The number of rotatable bonds is 4. The summed E-state index contributed by atoms with van der Waals surface area (Å²) in [5.74, 6) is 0.639. The first-order chi connectivity index (χ1) is 8.29. The molecule has 2 rings (SSSR count). The van der Waals surface area contributed by atoms with Gasteiger partial charge in [0.05, 0.1) is 11.3 Å². The van der Waals surface area contributed by atoms with Gasteiger partial charge in [0.15, 0.2) is 0 Å². The van der Waals surface area contributed by atoms with E-state index in [1.54, 1.807) is 17.4 Å². The third-order valence-electron chi connectivity index (χ3n) is 2.29. The lowest BCUT2D eigenvalue weighted by atomic mass is 10.2.